The Labute approximate surface area is 108 Å². The summed E-state index contributed by atoms with van der Waals surface area (Å²) in [6.45, 7) is 3.54. The third kappa shape index (κ3) is 4.12. The highest BCUT2D eigenvalue weighted by atomic mass is 16.5. The lowest BCUT2D eigenvalue weighted by Crippen LogP contribution is -2.35. The zero-order valence-corrected chi connectivity index (χ0v) is 10.8. The summed E-state index contributed by atoms with van der Waals surface area (Å²) in [5, 5.41) is 9.91. The van der Waals surface area contributed by atoms with Gasteiger partial charge in [0.15, 0.2) is 0 Å². The van der Waals surface area contributed by atoms with Gasteiger partial charge in [-0.1, -0.05) is 0 Å². The van der Waals surface area contributed by atoms with E-state index in [0.717, 1.165) is 38.3 Å². The second-order valence-electron chi connectivity index (χ2n) is 4.35. The molecule has 0 aromatic carbocycles. The van der Waals surface area contributed by atoms with E-state index in [0.29, 0.717) is 18.6 Å². The van der Waals surface area contributed by atoms with E-state index in [1.807, 2.05) is 6.07 Å². The fraction of sp³-hybridized carbons (Fsp3) is 0.667. The van der Waals surface area contributed by atoms with Gasteiger partial charge in [0, 0.05) is 25.9 Å². The summed E-state index contributed by atoms with van der Waals surface area (Å²) < 4.78 is 4.99. The van der Waals surface area contributed by atoms with E-state index >= 15 is 0 Å². The van der Waals surface area contributed by atoms with E-state index in [1.165, 1.54) is 0 Å². The molecular formula is C12H21N5O. The number of ether oxygens (including phenoxy) is 1. The van der Waals surface area contributed by atoms with Crippen LogP contribution in [-0.4, -0.2) is 49.4 Å². The zero-order valence-electron chi connectivity index (χ0n) is 10.8. The average Bonchev–Trinajstić information content (AvgIpc) is 2.41. The molecule has 2 rings (SSSR count). The lowest BCUT2D eigenvalue weighted by molar-refractivity contribution is 0.210. The van der Waals surface area contributed by atoms with Crippen molar-refractivity contribution in [2.75, 3.05) is 44.0 Å². The zero-order chi connectivity index (χ0) is 12.6. The molecule has 3 N–H and O–H groups in total. The topological polar surface area (TPSA) is 71.1 Å². The van der Waals surface area contributed by atoms with Crippen LogP contribution in [0, 0.1) is 0 Å². The highest BCUT2D eigenvalue weighted by molar-refractivity contribution is 5.39. The van der Waals surface area contributed by atoms with Crippen LogP contribution in [0.4, 0.5) is 11.8 Å². The second-order valence-corrected chi connectivity index (χ2v) is 4.35. The Morgan fingerprint density at radius 3 is 3.06 bits per heavy atom. The maximum absolute atomic E-state index is 4.99. The molecule has 0 saturated carbocycles. The Kier molecular flexibility index (Phi) is 5.16. The smallest absolute Gasteiger partial charge is 0.224 e. The number of nitrogens with zero attached hydrogens (tertiary/aromatic N) is 2. The summed E-state index contributed by atoms with van der Waals surface area (Å²) in [6.07, 6.45) is 4.00. The molecule has 0 unspecified atom stereocenters. The Balaban J connectivity index is 1.85. The SMILES string of the molecule is COCCNc1ccnc(NC2CCNCC2)n1. The van der Waals surface area contributed by atoms with Gasteiger partial charge in [-0.3, -0.25) is 0 Å². The van der Waals surface area contributed by atoms with E-state index in [4.69, 9.17) is 4.74 Å². The van der Waals surface area contributed by atoms with Gasteiger partial charge < -0.3 is 20.7 Å². The van der Waals surface area contributed by atoms with Crippen LogP contribution in [0.2, 0.25) is 0 Å². The molecule has 18 heavy (non-hydrogen) atoms. The van der Waals surface area contributed by atoms with E-state index < -0.39 is 0 Å². The molecule has 0 bridgehead atoms. The van der Waals surface area contributed by atoms with Crippen LogP contribution >= 0.6 is 0 Å². The first-order chi connectivity index (χ1) is 8.88. The molecule has 1 aliphatic heterocycles. The first-order valence-corrected chi connectivity index (χ1v) is 6.41. The summed E-state index contributed by atoms with van der Waals surface area (Å²) in [6, 6.07) is 2.34. The van der Waals surface area contributed by atoms with Crippen molar-refractivity contribution < 1.29 is 4.74 Å². The third-order valence-corrected chi connectivity index (χ3v) is 2.94. The third-order valence-electron chi connectivity index (χ3n) is 2.94. The average molecular weight is 251 g/mol. The molecule has 1 fully saturated rings. The number of piperidine rings is 1. The minimum absolute atomic E-state index is 0.473. The predicted octanol–water partition coefficient (Wildman–Crippen LogP) is 0.699. The van der Waals surface area contributed by atoms with Crippen LogP contribution in [-0.2, 0) is 4.74 Å². The molecule has 100 valence electrons. The standard InChI is InChI=1S/C12H21N5O/c1-18-9-8-14-11-4-7-15-12(17-11)16-10-2-5-13-6-3-10/h4,7,10,13H,2-3,5-6,8-9H2,1H3,(H2,14,15,16,17). The molecule has 0 radical (unpaired) electrons. The van der Waals surface area contributed by atoms with Gasteiger partial charge in [0.25, 0.3) is 0 Å². The van der Waals surface area contributed by atoms with Crippen molar-refractivity contribution in [3.63, 3.8) is 0 Å². The van der Waals surface area contributed by atoms with Gasteiger partial charge in [-0.25, -0.2) is 4.98 Å². The quantitative estimate of drug-likeness (QED) is 0.647. The number of nitrogens with one attached hydrogen (secondary N) is 3. The fourth-order valence-electron chi connectivity index (χ4n) is 1.96. The molecule has 0 atom stereocenters. The second kappa shape index (κ2) is 7.13. The summed E-state index contributed by atoms with van der Waals surface area (Å²) in [4.78, 5) is 8.68. The van der Waals surface area contributed by atoms with E-state index in [-0.39, 0.29) is 0 Å². The molecule has 1 aliphatic rings. The molecule has 6 heteroatoms. The molecule has 2 heterocycles. The Morgan fingerprint density at radius 1 is 1.44 bits per heavy atom. The predicted molar refractivity (Wildman–Crippen MR) is 71.9 cm³/mol. The Morgan fingerprint density at radius 2 is 2.28 bits per heavy atom. The number of anilines is 2. The first-order valence-electron chi connectivity index (χ1n) is 6.41. The number of hydrogen-bond donors (Lipinski definition) is 3. The van der Waals surface area contributed by atoms with E-state index in [9.17, 15) is 0 Å². The van der Waals surface area contributed by atoms with Crippen molar-refractivity contribution in [2.24, 2.45) is 0 Å². The lowest BCUT2D eigenvalue weighted by Gasteiger charge is -2.23. The normalized spacial score (nSPS) is 16.5. The highest BCUT2D eigenvalue weighted by Gasteiger charge is 2.13. The van der Waals surface area contributed by atoms with Crippen LogP contribution in [0.25, 0.3) is 0 Å². The molecule has 6 nitrogen and oxygen atoms in total. The van der Waals surface area contributed by atoms with Gasteiger partial charge in [-0.05, 0) is 32.0 Å². The van der Waals surface area contributed by atoms with Gasteiger partial charge in [0.1, 0.15) is 5.82 Å². The van der Waals surface area contributed by atoms with E-state index in [1.54, 1.807) is 13.3 Å². The highest BCUT2D eigenvalue weighted by Crippen LogP contribution is 2.11. The van der Waals surface area contributed by atoms with Crippen molar-refractivity contribution in [3.8, 4) is 0 Å². The Hall–Kier alpha value is -1.40. The van der Waals surface area contributed by atoms with Crippen molar-refractivity contribution >= 4 is 11.8 Å². The summed E-state index contributed by atoms with van der Waals surface area (Å²) in [5.74, 6) is 1.53. The first kappa shape index (κ1) is 13.0. The van der Waals surface area contributed by atoms with Gasteiger partial charge >= 0.3 is 0 Å². The number of rotatable bonds is 6. The molecular weight excluding hydrogens is 230 g/mol. The molecule has 1 aromatic rings. The largest absolute Gasteiger partial charge is 0.383 e. The van der Waals surface area contributed by atoms with Gasteiger partial charge in [-0.2, -0.15) is 4.98 Å². The minimum atomic E-state index is 0.473. The molecule has 1 aromatic heterocycles. The molecule has 0 amide bonds. The lowest BCUT2D eigenvalue weighted by atomic mass is 10.1. The summed E-state index contributed by atoms with van der Waals surface area (Å²) >= 11 is 0. The monoisotopic (exact) mass is 251 g/mol. The van der Waals surface area contributed by atoms with Crippen molar-refractivity contribution in [1.82, 2.24) is 15.3 Å². The van der Waals surface area contributed by atoms with Gasteiger partial charge in [0.2, 0.25) is 5.95 Å². The fourth-order valence-corrected chi connectivity index (χ4v) is 1.96. The van der Waals surface area contributed by atoms with Crippen molar-refractivity contribution in [2.45, 2.75) is 18.9 Å². The molecule has 0 spiro atoms. The number of methoxy groups -OCH3 is 1. The van der Waals surface area contributed by atoms with Crippen LogP contribution in [0.5, 0.6) is 0 Å². The van der Waals surface area contributed by atoms with Crippen LogP contribution in [0.15, 0.2) is 12.3 Å². The maximum Gasteiger partial charge on any atom is 0.224 e. The van der Waals surface area contributed by atoms with Gasteiger partial charge in [0.05, 0.1) is 6.61 Å². The molecule has 0 aliphatic carbocycles. The minimum Gasteiger partial charge on any atom is -0.383 e. The number of hydrogen-bond acceptors (Lipinski definition) is 6. The van der Waals surface area contributed by atoms with Gasteiger partial charge in [-0.15, -0.1) is 0 Å². The Bertz CT molecular complexity index is 354. The summed E-state index contributed by atoms with van der Waals surface area (Å²) in [5.41, 5.74) is 0. The van der Waals surface area contributed by atoms with Crippen molar-refractivity contribution in [3.05, 3.63) is 12.3 Å². The van der Waals surface area contributed by atoms with Crippen LogP contribution in [0.3, 0.4) is 0 Å². The maximum atomic E-state index is 4.99. The number of aromatic nitrogens is 2. The van der Waals surface area contributed by atoms with Crippen molar-refractivity contribution in [1.29, 1.82) is 0 Å². The van der Waals surface area contributed by atoms with Crippen LogP contribution < -0.4 is 16.0 Å². The summed E-state index contributed by atoms with van der Waals surface area (Å²) in [7, 11) is 1.69. The van der Waals surface area contributed by atoms with Crippen LogP contribution in [0.1, 0.15) is 12.8 Å². The van der Waals surface area contributed by atoms with E-state index in [2.05, 4.69) is 25.9 Å². The molecule has 1 saturated heterocycles.